The Morgan fingerprint density at radius 2 is 1.12 bits per heavy atom. The Hall–Kier alpha value is -6.36. The molecule has 11 aromatic rings. The Morgan fingerprint density at radius 3 is 2.00 bits per heavy atom. The van der Waals surface area contributed by atoms with Crippen LogP contribution in [0.1, 0.15) is 0 Å². The molecule has 0 N–H and O–H groups in total. The van der Waals surface area contributed by atoms with Gasteiger partial charge in [0.2, 0.25) is 0 Å². The molecule has 0 saturated heterocycles. The van der Waals surface area contributed by atoms with Crippen molar-refractivity contribution in [3.05, 3.63) is 170 Å². The van der Waals surface area contributed by atoms with E-state index >= 15 is 0 Å². The van der Waals surface area contributed by atoms with Crippen molar-refractivity contribution in [2.24, 2.45) is 0 Å². The van der Waals surface area contributed by atoms with Crippen LogP contribution >= 0.6 is 11.3 Å². The molecule has 0 radical (unpaired) electrons. The lowest BCUT2D eigenvalue weighted by molar-refractivity contribution is 0.669. The van der Waals surface area contributed by atoms with Gasteiger partial charge >= 0.3 is 0 Å². The molecule has 0 amide bonds. The van der Waals surface area contributed by atoms with Crippen LogP contribution in [-0.4, -0.2) is 4.57 Å². The predicted molar refractivity (Wildman–Crippen MR) is 213 cm³/mol. The summed E-state index contributed by atoms with van der Waals surface area (Å²) in [6, 6.07) is 61.1. The molecule has 0 fully saturated rings. The van der Waals surface area contributed by atoms with E-state index in [2.05, 4.69) is 173 Å². The van der Waals surface area contributed by atoms with Gasteiger partial charge in [0.15, 0.2) is 5.58 Å². The first kappa shape index (κ1) is 27.6. The summed E-state index contributed by atoms with van der Waals surface area (Å²) in [6.07, 6.45) is 0. The highest BCUT2D eigenvalue weighted by molar-refractivity contribution is 7.26. The Kier molecular flexibility index (Phi) is 5.83. The molecule has 50 heavy (non-hydrogen) atoms. The van der Waals surface area contributed by atoms with Gasteiger partial charge in [-0.1, -0.05) is 121 Å². The number of furan rings is 1. The SMILES string of the molecule is c1ccc(-n2c3ccccc3c3cccc(N(c4cccc5c4oc4ccccc45)c4cccc5c4sc4ccc6ccccc6c45)c32)cc1. The molecule has 0 bridgehead atoms. The van der Waals surface area contributed by atoms with Gasteiger partial charge in [-0.05, 0) is 59.3 Å². The maximum atomic E-state index is 6.78. The number of aromatic nitrogens is 1. The number of fused-ring (bicyclic) bond motifs is 11. The average molecular weight is 657 g/mol. The van der Waals surface area contributed by atoms with Crippen LogP contribution in [0.3, 0.4) is 0 Å². The maximum Gasteiger partial charge on any atom is 0.159 e. The Labute approximate surface area is 291 Å². The first-order chi connectivity index (χ1) is 24.8. The predicted octanol–water partition coefficient (Wildman–Crippen LogP) is 13.7. The molecule has 8 aromatic carbocycles. The van der Waals surface area contributed by atoms with Crippen LogP contribution in [0.5, 0.6) is 0 Å². The molecule has 234 valence electrons. The van der Waals surface area contributed by atoms with E-state index in [1.54, 1.807) is 0 Å². The molecule has 0 aliphatic rings. The lowest BCUT2D eigenvalue weighted by Gasteiger charge is -2.27. The summed E-state index contributed by atoms with van der Waals surface area (Å²) in [6.45, 7) is 0. The molecule has 11 rings (SSSR count). The van der Waals surface area contributed by atoms with Crippen LogP contribution in [-0.2, 0) is 0 Å². The van der Waals surface area contributed by atoms with Crippen molar-refractivity contribution in [1.82, 2.24) is 4.57 Å². The normalized spacial score (nSPS) is 12.0. The largest absolute Gasteiger partial charge is 0.454 e. The van der Waals surface area contributed by atoms with Crippen LogP contribution in [0, 0.1) is 0 Å². The first-order valence-electron chi connectivity index (χ1n) is 16.9. The number of hydrogen-bond donors (Lipinski definition) is 0. The summed E-state index contributed by atoms with van der Waals surface area (Å²) in [5.74, 6) is 0. The second kappa shape index (κ2) is 10.6. The number of anilines is 3. The molecule has 0 atom stereocenters. The van der Waals surface area contributed by atoms with Gasteiger partial charge in [-0.15, -0.1) is 11.3 Å². The van der Waals surface area contributed by atoms with E-state index in [0.717, 1.165) is 50.2 Å². The fourth-order valence-electron chi connectivity index (χ4n) is 8.05. The van der Waals surface area contributed by atoms with Crippen LogP contribution in [0.2, 0.25) is 0 Å². The van der Waals surface area contributed by atoms with E-state index < -0.39 is 0 Å². The van der Waals surface area contributed by atoms with Crippen molar-refractivity contribution in [3.63, 3.8) is 0 Å². The van der Waals surface area contributed by atoms with Gasteiger partial charge in [0.1, 0.15) is 5.58 Å². The lowest BCUT2D eigenvalue weighted by Crippen LogP contribution is -2.12. The molecule has 0 unspecified atom stereocenters. The van der Waals surface area contributed by atoms with Gasteiger partial charge in [-0.3, -0.25) is 0 Å². The van der Waals surface area contributed by atoms with E-state index in [0.29, 0.717) is 0 Å². The lowest BCUT2D eigenvalue weighted by atomic mass is 10.0. The fourth-order valence-corrected chi connectivity index (χ4v) is 9.28. The molecular weight excluding hydrogens is 629 g/mol. The number of rotatable bonds is 4. The molecule has 3 aromatic heterocycles. The standard InChI is InChI=1S/C46H28N2OS/c1-2-14-30(15-3-1)47-37-22-8-6-17-32(37)34-19-10-23-38(44(34)47)48(39-24-11-20-35-33-18-7-9-26-41(33)49-45(35)39)40-25-12-21-36-43-31-16-5-4-13-29(31)27-28-42(43)50-46(36)40/h1-28H. The quantitative estimate of drug-likeness (QED) is 0.188. The van der Waals surface area contributed by atoms with Crippen LogP contribution in [0.25, 0.3) is 80.4 Å². The third-order valence-electron chi connectivity index (χ3n) is 10.2. The molecule has 3 nitrogen and oxygen atoms in total. The molecule has 0 saturated carbocycles. The zero-order chi connectivity index (χ0) is 32.8. The van der Waals surface area contributed by atoms with Gasteiger partial charge in [0.25, 0.3) is 0 Å². The van der Waals surface area contributed by atoms with Crippen molar-refractivity contribution in [2.45, 2.75) is 0 Å². The summed E-state index contributed by atoms with van der Waals surface area (Å²) in [5, 5.41) is 9.76. The highest BCUT2D eigenvalue weighted by atomic mass is 32.1. The summed E-state index contributed by atoms with van der Waals surface area (Å²) in [7, 11) is 0. The molecular formula is C46H28N2OS. The number of thiophene rings is 1. The minimum Gasteiger partial charge on any atom is -0.454 e. The Balaban J connectivity index is 1.31. The molecule has 0 aliphatic heterocycles. The Bertz CT molecular complexity index is 3110. The van der Waals surface area contributed by atoms with Crippen LogP contribution in [0.4, 0.5) is 17.1 Å². The number of benzene rings is 8. The second-order valence-electron chi connectivity index (χ2n) is 12.9. The van der Waals surface area contributed by atoms with Crippen molar-refractivity contribution < 1.29 is 4.42 Å². The van der Waals surface area contributed by atoms with Crippen LogP contribution in [0.15, 0.2) is 174 Å². The summed E-state index contributed by atoms with van der Waals surface area (Å²) < 4.78 is 11.7. The first-order valence-corrected chi connectivity index (χ1v) is 17.8. The third-order valence-corrected chi connectivity index (χ3v) is 11.4. The van der Waals surface area contributed by atoms with Gasteiger partial charge in [-0.2, -0.15) is 0 Å². The van der Waals surface area contributed by atoms with Gasteiger partial charge in [0, 0.05) is 42.7 Å². The zero-order valence-electron chi connectivity index (χ0n) is 26.9. The van der Waals surface area contributed by atoms with Crippen molar-refractivity contribution >= 4 is 103 Å². The Morgan fingerprint density at radius 1 is 0.460 bits per heavy atom. The summed E-state index contributed by atoms with van der Waals surface area (Å²) >= 11 is 1.86. The average Bonchev–Trinajstić information content (AvgIpc) is 3.86. The molecule has 0 aliphatic carbocycles. The summed E-state index contributed by atoms with van der Waals surface area (Å²) in [4.78, 5) is 2.45. The van der Waals surface area contributed by atoms with Crippen molar-refractivity contribution in [3.8, 4) is 5.69 Å². The van der Waals surface area contributed by atoms with Crippen molar-refractivity contribution in [2.75, 3.05) is 4.90 Å². The molecule has 4 heteroatoms. The third kappa shape index (κ3) is 3.85. The maximum absolute atomic E-state index is 6.78. The van der Waals surface area contributed by atoms with Gasteiger partial charge in [-0.25, -0.2) is 0 Å². The molecule has 3 heterocycles. The van der Waals surface area contributed by atoms with E-state index in [4.69, 9.17) is 4.42 Å². The van der Waals surface area contributed by atoms with Crippen molar-refractivity contribution in [1.29, 1.82) is 0 Å². The monoisotopic (exact) mass is 656 g/mol. The summed E-state index contributed by atoms with van der Waals surface area (Å²) in [5.41, 5.74) is 8.43. The smallest absolute Gasteiger partial charge is 0.159 e. The number of hydrogen-bond acceptors (Lipinski definition) is 3. The molecule has 0 spiro atoms. The van der Waals surface area contributed by atoms with Crippen LogP contribution < -0.4 is 4.90 Å². The van der Waals surface area contributed by atoms with Gasteiger partial charge in [0.05, 0.1) is 32.8 Å². The minimum atomic E-state index is 0.872. The highest BCUT2D eigenvalue weighted by Crippen LogP contribution is 2.50. The minimum absolute atomic E-state index is 0.872. The van der Waals surface area contributed by atoms with Gasteiger partial charge < -0.3 is 13.9 Å². The zero-order valence-corrected chi connectivity index (χ0v) is 27.7. The van der Waals surface area contributed by atoms with E-state index in [1.807, 2.05) is 17.4 Å². The highest BCUT2D eigenvalue weighted by Gasteiger charge is 2.26. The number of para-hydroxylation sites is 5. The van der Waals surface area contributed by atoms with E-state index in [-0.39, 0.29) is 0 Å². The van der Waals surface area contributed by atoms with E-state index in [9.17, 15) is 0 Å². The second-order valence-corrected chi connectivity index (χ2v) is 13.9. The fraction of sp³-hybridized carbons (Fsp3) is 0. The number of nitrogens with zero attached hydrogens (tertiary/aromatic N) is 2. The topological polar surface area (TPSA) is 21.3 Å². The van der Waals surface area contributed by atoms with E-state index in [1.165, 1.54) is 47.2 Å².